The van der Waals surface area contributed by atoms with Crippen LogP contribution in [0.1, 0.15) is 39.0 Å². The topological polar surface area (TPSA) is 49.4 Å². The van der Waals surface area contributed by atoms with Crippen LogP contribution in [0.5, 0.6) is 0 Å². The fourth-order valence-electron chi connectivity index (χ4n) is 2.81. The first kappa shape index (κ1) is 12.1. The quantitative estimate of drug-likeness (QED) is 0.733. The van der Waals surface area contributed by atoms with E-state index in [0.29, 0.717) is 13.0 Å². The van der Waals surface area contributed by atoms with E-state index < -0.39 is 5.54 Å². The van der Waals surface area contributed by atoms with Crippen molar-refractivity contribution in [2.24, 2.45) is 0 Å². The van der Waals surface area contributed by atoms with Crippen molar-refractivity contribution in [1.29, 1.82) is 0 Å². The summed E-state index contributed by atoms with van der Waals surface area (Å²) in [6.45, 7) is 6.18. The van der Waals surface area contributed by atoms with Crippen LogP contribution in [0, 0.1) is 0 Å². The van der Waals surface area contributed by atoms with Crippen LogP contribution in [-0.2, 0) is 9.59 Å². The monoisotopic (exact) mass is 236 g/mol. The van der Waals surface area contributed by atoms with Gasteiger partial charge < -0.3 is 10.2 Å². The van der Waals surface area contributed by atoms with Crippen molar-refractivity contribution in [2.75, 3.05) is 6.54 Å². The van der Waals surface area contributed by atoms with Gasteiger partial charge in [0.15, 0.2) is 0 Å². The van der Waals surface area contributed by atoms with Crippen molar-refractivity contribution in [3.05, 3.63) is 12.7 Å². The van der Waals surface area contributed by atoms with Crippen molar-refractivity contribution >= 4 is 11.8 Å². The first-order chi connectivity index (χ1) is 8.09. The molecule has 1 heterocycles. The standard InChI is InChI=1S/C13H20N2O2/c1-3-10(2)15-9-6-11(16)14-13(12(15)17)7-4-5-8-13/h3,10H,1,4-9H2,2H3,(H,14,16). The Morgan fingerprint density at radius 2 is 2.06 bits per heavy atom. The molecule has 0 aromatic heterocycles. The molecular formula is C13H20N2O2. The van der Waals surface area contributed by atoms with E-state index in [1.54, 1.807) is 11.0 Å². The van der Waals surface area contributed by atoms with E-state index in [2.05, 4.69) is 11.9 Å². The fraction of sp³-hybridized carbons (Fsp3) is 0.692. The molecule has 2 rings (SSSR count). The average Bonchev–Trinajstić information content (AvgIpc) is 2.73. The van der Waals surface area contributed by atoms with Crippen LogP contribution >= 0.6 is 0 Å². The third-order valence-electron chi connectivity index (χ3n) is 3.92. The minimum Gasteiger partial charge on any atom is -0.342 e. The number of hydrogen-bond donors (Lipinski definition) is 1. The second-order valence-electron chi connectivity index (χ2n) is 5.06. The Kier molecular flexibility index (Phi) is 3.22. The lowest BCUT2D eigenvalue weighted by Crippen LogP contribution is -2.56. The van der Waals surface area contributed by atoms with Crippen molar-refractivity contribution < 1.29 is 9.59 Å². The molecule has 17 heavy (non-hydrogen) atoms. The van der Waals surface area contributed by atoms with Crippen molar-refractivity contribution in [3.63, 3.8) is 0 Å². The summed E-state index contributed by atoms with van der Waals surface area (Å²) in [5.74, 6) is 0.0762. The molecule has 1 saturated carbocycles. The van der Waals surface area contributed by atoms with Crippen molar-refractivity contribution in [3.8, 4) is 0 Å². The summed E-state index contributed by atoms with van der Waals surface area (Å²) in [4.78, 5) is 26.1. The van der Waals surface area contributed by atoms with Gasteiger partial charge in [0.05, 0.1) is 0 Å². The Morgan fingerprint density at radius 3 is 2.65 bits per heavy atom. The summed E-state index contributed by atoms with van der Waals surface area (Å²) >= 11 is 0. The van der Waals surface area contributed by atoms with Gasteiger partial charge in [-0.2, -0.15) is 0 Å². The summed E-state index contributed by atoms with van der Waals surface area (Å²) in [7, 11) is 0. The van der Waals surface area contributed by atoms with Crippen LogP contribution in [0.3, 0.4) is 0 Å². The van der Waals surface area contributed by atoms with E-state index in [0.717, 1.165) is 25.7 Å². The summed E-state index contributed by atoms with van der Waals surface area (Å²) in [5.41, 5.74) is -0.620. The number of nitrogens with zero attached hydrogens (tertiary/aromatic N) is 1. The lowest BCUT2D eigenvalue weighted by atomic mass is 9.95. The normalized spacial score (nSPS) is 25.6. The zero-order chi connectivity index (χ0) is 12.5. The van der Waals surface area contributed by atoms with E-state index in [4.69, 9.17) is 0 Å². The van der Waals surface area contributed by atoms with Gasteiger partial charge in [0.1, 0.15) is 5.54 Å². The van der Waals surface area contributed by atoms with Gasteiger partial charge in [-0.15, -0.1) is 6.58 Å². The van der Waals surface area contributed by atoms with Crippen LogP contribution in [0.4, 0.5) is 0 Å². The third kappa shape index (κ3) is 2.08. The van der Waals surface area contributed by atoms with Crippen molar-refractivity contribution in [2.45, 2.75) is 50.6 Å². The summed E-state index contributed by atoms with van der Waals surface area (Å²) in [5, 5.41) is 2.95. The lowest BCUT2D eigenvalue weighted by Gasteiger charge is -2.34. The largest absolute Gasteiger partial charge is 0.342 e. The molecule has 94 valence electrons. The van der Waals surface area contributed by atoms with Gasteiger partial charge >= 0.3 is 0 Å². The molecule has 1 saturated heterocycles. The van der Waals surface area contributed by atoms with Crippen LogP contribution in [0.25, 0.3) is 0 Å². The van der Waals surface area contributed by atoms with Gasteiger partial charge in [-0.1, -0.05) is 18.9 Å². The molecule has 1 atom stereocenters. The first-order valence-corrected chi connectivity index (χ1v) is 6.34. The molecule has 1 aliphatic carbocycles. The molecule has 2 aliphatic rings. The molecule has 0 bridgehead atoms. The molecule has 0 radical (unpaired) electrons. The second-order valence-corrected chi connectivity index (χ2v) is 5.06. The number of amides is 2. The molecule has 2 fully saturated rings. The van der Waals surface area contributed by atoms with Gasteiger partial charge in [0.25, 0.3) is 0 Å². The van der Waals surface area contributed by atoms with Crippen LogP contribution in [-0.4, -0.2) is 34.8 Å². The van der Waals surface area contributed by atoms with E-state index in [1.807, 2.05) is 6.92 Å². The number of hydrogen-bond acceptors (Lipinski definition) is 2. The van der Waals surface area contributed by atoms with Crippen molar-refractivity contribution in [1.82, 2.24) is 10.2 Å². The number of carbonyl (C=O) groups excluding carboxylic acids is 2. The maximum atomic E-state index is 12.6. The highest BCUT2D eigenvalue weighted by molar-refractivity contribution is 5.94. The highest BCUT2D eigenvalue weighted by Gasteiger charge is 2.46. The molecule has 4 nitrogen and oxygen atoms in total. The van der Waals surface area contributed by atoms with Crippen LogP contribution in [0.15, 0.2) is 12.7 Å². The van der Waals surface area contributed by atoms with Gasteiger partial charge in [-0.05, 0) is 19.8 Å². The van der Waals surface area contributed by atoms with Gasteiger partial charge in [0.2, 0.25) is 11.8 Å². The zero-order valence-corrected chi connectivity index (χ0v) is 10.4. The van der Waals surface area contributed by atoms with E-state index in [1.165, 1.54) is 0 Å². The number of carbonyl (C=O) groups is 2. The maximum absolute atomic E-state index is 12.6. The van der Waals surface area contributed by atoms with Crippen LogP contribution < -0.4 is 5.32 Å². The predicted octanol–water partition coefficient (Wildman–Crippen LogP) is 1.22. The Morgan fingerprint density at radius 1 is 1.41 bits per heavy atom. The second kappa shape index (κ2) is 4.51. The molecule has 2 amide bonds. The number of nitrogens with one attached hydrogen (secondary N) is 1. The van der Waals surface area contributed by atoms with Gasteiger partial charge in [-0.25, -0.2) is 0 Å². The van der Waals surface area contributed by atoms with Gasteiger partial charge in [-0.3, -0.25) is 9.59 Å². The molecule has 1 aliphatic heterocycles. The first-order valence-electron chi connectivity index (χ1n) is 6.34. The fourth-order valence-corrected chi connectivity index (χ4v) is 2.81. The Bertz CT molecular complexity index is 345. The molecule has 1 N–H and O–H groups in total. The Labute approximate surface area is 102 Å². The summed E-state index contributed by atoms with van der Waals surface area (Å²) in [6.07, 6.45) is 5.74. The molecule has 4 heteroatoms. The van der Waals surface area contributed by atoms with Gasteiger partial charge in [0, 0.05) is 19.0 Å². The summed E-state index contributed by atoms with van der Waals surface area (Å²) < 4.78 is 0. The highest BCUT2D eigenvalue weighted by Crippen LogP contribution is 2.33. The SMILES string of the molecule is C=CC(C)N1CCC(=O)NC2(CCCC2)C1=O. The molecular weight excluding hydrogens is 216 g/mol. The average molecular weight is 236 g/mol. The van der Waals surface area contributed by atoms with E-state index in [-0.39, 0.29) is 17.9 Å². The van der Waals surface area contributed by atoms with E-state index >= 15 is 0 Å². The highest BCUT2D eigenvalue weighted by atomic mass is 16.2. The predicted molar refractivity (Wildman–Crippen MR) is 65.3 cm³/mol. The minimum atomic E-state index is -0.620. The summed E-state index contributed by atoms with van der Waals surface area (Å²) in [6, 6.07) is -0.00678. The molecule has 1 spiro atoms. The molecule has 0 aromatic carbocycles. The van der Waals surface area contributed by atoms with Crippen LogP contribution in [0.2, 0.25) is 0 Å². The Hall–Kier alpha value is -1.32. The zero-order valence-electron chi connectivity index (χ0n) is 10.4. The van der Waals surface area contributed by atoms with E-state index in [9.17, 15) is 9.59 Å². The maximum Gasteiger partial charge on any atom is 0.248 e. The Balaban J connectivity index is 2.28. The third-order valence-corrected chi connectivity index (χ3v) is 3.92. The molecule has 0 aromatic rings. The molecule has 1 unspecified atom stereocenters. The minimum absolute atomic E-state index is 0.000915. The number of rotatable bonds is 2. The lowest BCUT2D eigenvalue weighted by molar-refractivity contribution is -0.139. The smallest absolute Gasteiger partial charge is 0.248 e.